The van der Waals surface area contributed by atoms with Gasteiger partial charge in [-0.25, -0.2) is 0 Å². The van der Waals surface area contributed by atoms with Crippen LogP contribution in [0.1, 0.15) is 59.6 Å². The second-order valence-electron chi connectivity index (χ2n) is 18.6. The van der Waals surface area contributed by atoms with Crippen molar-refractivity contribution in [2.45, 2.75) is 10.8 Å². The highest BCUT2D eigenvalue weighted by molar-refractivity contribution is 6.14. The predicted octanol–water partition coefficient (Wildman–Crippen LogP) is 17.5. The van der Waals surface area contributed by atoms with E-state index < -0.39 is 35.0 Å². The molecule has 0 fully saturated rings. The van der Waals surface area contributed by atoms with Gasteiger partial charge < -0.3 is 14.2 Å². The summed E-state index contributed by atoms with van der Waals surface area (Å²) in [7, 11) is 0. The van der Waals surface area contributed by atoms with Gasteiger partial charge in [0.15, 0.2) is 0 Å². The fourth-order valence-electron chi connectivity index (χ4n) is 12.8. The molecule has 16 rings (SSSR count). The fourth-order valence-corrected chi connectivity index (χ4v) is 12.8. The first kappa shape index (κ1) is 29.7. The van der Waals surface area contributed by atoms with Gasteiger partial charge in [0.25, 0.3) is 0 Å². The van der Waals surface area contributed by atoms with Crippen LogP contribution >= 0.6 is 0 Å². The predicted molar refractivity (Wildman–Crippen MR) is 290 cm³/mol. The third-order valence-electron chi connectivity index (χ3n) is 15.4. The number of para-hydroxylation sites is 3. The quantitative estimate of drug-likeness (QED) is 0.175. The number of nitrogens with zero attached hydrogens (tertiary/aromatic N) is 2. The first-order valence-corrected chi connectivity index (χ1v) is 23.8. The van der Waals surface area contributed by atoms with Crippen molar-refractivity contribution < 1.29 is 19.5 Å². The SMILES string of the molecule is [2H]c1c([2H])c([2H])c2c(c1[2H])-c1c([2H])c(N(c3ccc4c(c3)C3(c5ccccc5-c5ccccc53)c3ccccc3N4c3ccccc3)c3cccc4oc5c([2H])c([2H])c([2H])c([2H])c5c34)c([2H])c([2H])c1C21c2ccccc2-c2ccccc21. The number of hydrogen-bond acceptors (Lipinski definition) is 3. The minimum atomic E-state index is -1.54. The second kappa shape index (κ2) is 14.2. The molecular formula is C68H42N2O. The van der Waals surface area contributed by atoms with E-state index >= 15 is 0 Å². The number of furan rings is 1. The van der Waals surface area contributed by atoms with Crippen molar-refractivity contribution in [1.29, 1.82) is 0 Å². The van der Waals surface area contributed by atoms with E-state index in [0.29, 0.717) is 16.8 Å². The van der Waals surface area contributed by atoms with Crippen LogP contribution in [0.4, 0.5) is 34.1 Å². The van der Waals surface area contributed by atoms with Crippen molar-refractivity contribution in [3.05, 3.63) is 299 Å². The molecule has 2 spiro atoms. The van der Waals surface area contributed by atoms with Crippen LogP contribution in [-0.4, -0.2) is 0 Å². The zero-order valence-electron chi connectivity index (χ0n) is 48.7. The molecule has 0 saturated carbocycles. The molecule has 0 radical (unpaired) electrons. The first-order chi connectivity index (χ1) is 39.8. The van der Waals surface area contributed by atoms with E-state index in [4.69, 9.17) is 8.53 Å². The standard InChI is InChI=1S/C68H42N2O/c1-2-19-43(20-3-1)70-61-33-16-15-32-59(61)68(55-29-12-6-23-48(55)49-24-7-13-30-56(49)68)60-42-45(38-40-62(60)70)69(63-34-18-36-65-66(63)51-26-9-17-35-64(51)71-65)44-37-39-58-52(41-44)50-25-8-14-31-57(50)67(58)53-27-10-4-21-46(53)47-22-5-11-28-54(47)67/h1-42H/i8D,9D,14D,17D,25D,26D,31D,35D,37D,39D,41D. The van der Waals surface area contributed by atoms with Crippen LogP contribution in [0.5, 0.6) is 0 Å². The Morgan fingerprint density at radius 1 is 0.380 bits per heavy atom. The fraction of sp³-hybridized carbons (Fsp3) is 0.0294. The van der Waals surface area contributed by atoms with Gasteiger partial charge in [-0.3, -0.25) is 0 Å². The minimum absolute atomic E-state index is 0.0620. The van der Waals surface area contributed by atoms with Crippen LogP contribution in [0.15, 0.2) is 259 Å². The molecule has 0 amide bonds. The largest absolute Gasteiger partial charge is 0.456 e. The molecule has 0 bridgehead atoms. The van der Waals surface area contributed by atoms with Crippen molar-refractivity contribution in [2.24, 2.45) is 0 Å². The zero-order chi connectivity index (χ0) is 56.0. The molecule has 4 aliphatic rings. The van der Waals surface area contributed by atoms with Crippen molar-refractivity contribution in [2.75, 3.05) is 9.80 Å². The normalized spacial score (nSPS) is 16.6. The van der Waals surface area contributed by atoms with Gasteiger partial charge in [-0.05, 0) is 145 Å². The third kappa shape index (κ3) is 4.87. The van der Waals surface area contributed by atoms with Crippen molar-refractivity contribution in [1.82, 2.24) is 0 Å². The van der Waals surface area contributed by atoms with E-state index in [1.54, 1.807) is 23.1 Å². The Bertz CT molecular complexity index is 4790. The number of anilines is 6. The molecule has 0 N–H and O–H groups in total. The summed E-state index contributed by atoms with van der Waals surface area (Å²) in [4.78, 5) is 3.97. The molecule has 330 valence electrons. The highest BCUT2D eigenvalue weighted by atomic mass is 16.3. The van der Waals surface area contributed by atoms with Crippen LogP contribution in [0.25, 0.3) is 55.3 Å². The number of benzene rings is 11. The highest BCUT2D eigenvalue weighted by Crippen LogP contribution is 2.66. The summed E-state index contributed by atoms with van der Waals surface area (Å²) in [5.41, 5.74) is 10.5. The number of hydrogen-bond donors (Lipinski definition) is 0. The van der Waals surface area contributed by atoms with Gasteiger partial charge in [0.1, 0.15) is 11.2 Å². The summed E-state index contributed by atoms with van der Waals surface area (Å²) in [6.07, 6.45) is 0. The van der Waals surface area contributed by atoms with Gasteiger partial charge in [0.2, 0.25) is 0 Å². The smallest absolute Gasteiger partial charge is 0.137 e. The lowest BCUT2D eigenvalue weighted by Crippen LogP contribution is -2.36. The topological polar surface area (TPSA) is 19.6 Å². The lowest BCUT2D eigenvalue weighted by molar-refractivity contribution is 0.669. The molecule has 0 unspecified atom stereocenters. The maximum absolute atomic E-state index is 10.9. The number of fused-ring (bicyclic) bond motifs is 22. The Morgan fingerprint density at radius 3 is 1.65 bits per heavy atom. The Labute approximate surface area is 427 Å². The molecule has 0 saturated heterocycles. The Kier molecular flexibility index (Phi) is 5.93. The molecule has 0 atom stereocenters. The molecule has 1 aromatic heterocycles. The lowest BCUT2D eigenvalue weighted by atomic mass is 9.64. The summed E-state index contributed by atoms with van der Waals surface area (Å²) in [6.45, 7) is 0. The first-order valence-electron chi connectivity index (χ1n) is 29.3. The summed E-state index contributed by atoms with van der Waals surface area (Å²) < 4.78 is 113. The summed E-state index contributed by atoms with van der Waals surface area (Å²) in [5, 5.41) is 0.356. The average molecular weight is 914 g/mol. The van der Waals surface area contributed by atoms with Crippen LogP contribution in [0.3, 0.4) is 0 Å². The molecule has 1 aliphatic heterocycles. The molecule has 3 nitrogen and oxygen atoms in total. The van der Waals surface area contributed by atoms with Crippen molar-refractivity contribution in [3.63, 3.8) is 0 Å². The summed E-state index contributed by atoms with van der Waals surface area (Å²) in [5.74, 6) is 0. The molecule has 11 aromatic carbocycles. The maximum atomic E-state index is 10.9. The summed E-state index contributed by atoms with van der Waals surface area (Å²) >= 11 is 0. The Balaban J connectivity index is 1.08. The van der Waals surface area contributed by atoms with E-state index in [1.807, 2.05) is 97.1 Å². The summed E-state index contributed by atoms with van der Waals surface area (Å²) in [6, 6.07) is 57.6. The molecule has 3 aliphatic carbocycles. The van der Waals surface area contributed by atoms with Crippen molar-refractivity contribution in [3.8, 4) is 33.4 Å². The Morgan fingerprint density at radius 2 is 0.944 bits per heavy atom. The van der Waals surface area contributed by atoms with Crippen molar-refractivity contribution >= 4 is 56.1 Å². The number of rotatable bonds is 4. The average Bonchev–Trinajstić information content (AvgIpc) is 3.12. The highest BCUT2D eigenvalue weighted by Gasteiger charge is 2.53. The van der Waals surface area contributed by atoms with E-state index in [2.05, 4.69) is 77.7 Å². The van der Waals surface area contributed by atoms with Crippen LogP contribution in [0.2, 0.25) is 0 Å². The Hall–Kier alpha value is -9.18. The molecule has 71 heavy (non-hydrogen) atoms. The second-order valence-corrected chi connectivity index (χ2v) is 18.6. The van der Waals surface area contributed by atoms with Gasteiger partial charge in [-0.1, -0.05) is 188 Å². The van der Waals surface area contributed by atoms with Gasteiger partial charge in [0.05, 0.1) is 48.4 Å². The van der Waals surface area contributed by atoms with E-state index in [-0.39, 0.29) is 97.9 Å². The van der Waals surface area contributed by atoms with Gasteiger partial charge in [-0.2, -0.15) is 0 Å². The van der Waals surface area contributed by atoms with Crippen LogP contribution in [0, 0.1) is 0 Å². The van der Waals surface area contributed by atoms with Gasteiger partial charge in [-0.15, -0.1) is 0 Å². The molecular weight excluding hydrogens is 861 g/mol. The molecule has 2 heterocycles. The van der Waals surface area contributed by atoms with Crippen LogP contribution < -0.4 is 9.80 Å². The van der Waals surface area contributed by atoms with E-state index in [1.165, 1.54) is 0 Å². The molecule has 3 heteroatoms. The van der Waals surface area contributed by atoms with Gasteiger partial charge in [0, 0.05) is 22.4 Å². The van der Waals surface area contributed by atoms with Gasteiger partial charge >= 0.3 is 0 Å². The zero-order valence-corrected chi connectivity index (χ0v) is 37.7. The minimum Gasteiger partial charge on any atom is -0.456 e. The molecule has 12 aromatic rings. The maximum Gasteiger partial charge on any atom is 0.137 e. The van der Waals surface area contributed by atoms with E-state index in [9.17, 15) is 11.0 Å². The van der Waals surface area contributed by atoms with E-state index in [0.717, 1.165) is 61.6 Å². The monoisotopic (exact) mass is 913 g/mol. The third-order valence-corrected chi connectivity index (χ3v) is 15.4. The lowest BCUT2D eigenvalue weighted by Gasteiger charge is -2.45. The van der Waals surface area contributed by atoms with Crippen LogP contribution in [-0.2, 0) is 10.8 Å².